The lowest BCUT2D eigenvalue weighted by Gasteiger charge is -2.04. The molecule has 0 aliphatic rings. The molecule has 76 valence electrons. The molecule has 0 radical (unpaired) electrons. The number of hydrogen-bond donors (Lipinski definition) is 0. The Labute approximate surface area is 92.4 Å². The van der Waals surface area contributed by atoms with Crippen molar-refractivity contribution in [2.45, 2.75) is 13.3 Å². The second-order valence-corrected chi connectivity index (χ2v) is 3.49. The zero-order valence-electron chi connectivity index (χ0n) is 8.13. The summed E-state index contributed by atoms with van der Waals surface area (Å²) < 4.78 is 5.34. The highest BCUT2D eigenvalue weighted by atomic mass is 79.9. The maximum absolute atomic E-state index is 11.2. The smallest absolute Gasteiger partial charge is 0.147 e. The molecule has 0 N–H and O–H groups in total. The predicted molar refractivity (Wildman–Crippen MR) is 60.1 cm³/mol. The van der Waals surface area contributed by atoms with Gasteiger partial charge in [-0.25, -0.2) is 0 Å². The molecule has 14 heavy (non-hydrogen) atoms. The Morgan fingerprint density at radius 3 is 2.93 bits per heavy atom. The van der Waals surface area contributed by atoms with Gasteiger partial charge in [-0.1, -0.05) is 28.1 Å². The molecule has 0 bridgehead atoms. The van der Waals surface area contributed by atoms with Crippen LogP contribution in [0.25, 0.3) is 0 Å². The Morgan fingerprint density at radius 1 is 1.50 bits per heavy atom. The highest BCUT2D eigenvalue weighted by Crippen LogP contribution is 2.14. The third-order valence-electron chi connectivity index (χ3n) is 1.76. The van der Waals surface area contributed by atoms with Gasteiger partial charge in [-0.05, 0) is 24.6 Å². The molecule has 0 fully saturated rings. The zero-order chi connectivity index (χ0) is 10.4. The molecular formula is C11H13BrO2. The van der Waals surface area contributed by atoms with Crippen molar-refractivity contribution in [3.05, 3.63) is 29.8 Å². The van der Waals surface area contributed by atoms with Gasteiger partial charge in [0.2, 0.25) is 0 Å². The highest BCUT2D eigenvalue weighted by molar-refractivity contribution is 9.09. The van der Waals surface area contributed by atoms with Crippen LogP contribution in [0.3, 0.4) is 0 Å². The molecule has 0 aliphatic carbocycles. The van der Waals surface area contributed by atoms with Gasteiger partial charge in [-0.2, -0.15) is 0 Å². The van der Waals surface area contributed by atoms with Gasteiger partial charge in [-0.3, -0.25) is 4.79 Å². The van der Waals surface area contributed by atoms with E-state index in [-0.39, 0.29) is 5.78 Å². The summed E-state index contributed by atoms with van der Waals surface area (Å²) in [6.07, 6.45) is 0.464. The molecule has 0 amide bonds. The quantitative estimate of drug-likeness (QED) is 0.758. The van der Waals surface area contributed by atoms with Crippen LogP contribution < -0.4 is 4.74 Å². The van der Waals surface area contributed by atoms with Gasteiger partial charge in [0.25, 0.3) is 0 Å². The van der Waals surface area contributed by atoms with E-state index in [0.29, 0.717) is 18.4 Å². The van der Waals surface area contributed by atoms with Crippen molar-refractivity contribution in [2.75, 3.05) is 11.9 Å². The normalized spacial score (nSPS) is 9.86. The van der Waals surface area contributed by atoms with Crippen LogP contribution >= 0.6 is 15.9 Å². The average Bonchev–Trinajstić information content (AvgIpc) is 2.19. The first kappa shape index (κ1) is 11.2. The van der Waals surface area contributed by atoms with E-state index >= 15 is 0 Å². The van der Waals surface area contributed by atoms with Crippen molar-refractivity contribution in [3.8, 4) is 5.75 Å². The average molecular weight is 257 g/mol. The molecule has 3 heteroatoms. The molecular weight excluding hydrogens is 244 g/mol. The molecule has 0 saturated carbocycles. The maximum atomic E-state index is 11.2. The first-order valence-corrected chi connectivity index (χ1v) is 5.67. The number of Topliss-reactive ketones (excluding diaryl/α,β-unsaturated/α-hetero) is 1. The minimum atomic E-state index is 0.179. The van der Waals surface area contributed by atoms with Crippen molar-refractivity contribution >= 4 is 21.7 Å². The molecule has 2 nitrogen and oxygen atoms in total. The largest absolute Gasteiger partial charge is 0.494 e. The topological polar surface area (TPSA) is 26.3 Å². The van der Waals surface area contributed by atoms with Crippen molar-refractivity contribution in [1.82, 2.24) is 0 Å². The predicted octanol–water partition coefficient (Wildman–Crippen LogP) is 2.59. The summed E-state index contributed by atoms with van der Waals surface area (Å²) in [7, 11) is 0. The van der Waals surface area contributed by atoms with Gasteiger partial charge >= 0.3 is 0 Å². The molecule has 0 aliphatic heterocycles. The Hall–Kier alpha value is -0.830. The van der Waals surface area contributed by atoms with E-state index in [1.165, 1.54) is 0 Å². The Kier molecular flexibility index (Phi) is 4.66. The first-order chi connectivity index (χ1) is 6.76. The SMILES string of the molecule is CCOc1cccc(CC(=O)CBr)c1. The summed E-state index contributed by atoms with van der Waals surface area (Å²) in [6.45, 7) is 2.59. The van der Waals surface area contributed by atoms with Crippen LogP contribution in [0.5, 0.6) is 5.75 Å². The number of hydrogen-bond acceptors (Lipinski definition) is 2. The summed E-state index contributed by atoms with van der Waals surface area (Å²) in [6, 6.07) is 7.64. The van der Waals surface area contributed by atoms with Crippen molar-refractivity contribution < 1.29 is 9.53 Å². The second-order valence-electron chi connectivity index (χ2n) is 2.93. The number of benzene rings is 1. The number of ketones is 1. The number of carbonyl (C=O) groups excluding carboxylic acids is 1. The van der Waals surface area contributed by atoms with E-state index in [0.717, 1.165) is 11.3 Å². The molecule has 0 atom stereocenters. The first-order valence-electron chi connectivity index (χ1n) is 4.55. The fourth-order valence-corrected chi connectivity index (χ4v) is 1.39. The number of ether oxygens (including phenoxy) is 1. The molecule has 1 rings (SSSR count). The standard InChI is InChI=1S/C11H13BrO2/c1-2-14-11-5-3-4-9(7-11)6-10(13)8-12/h3-5,7H,2,6,8H2,1H3. The van der Waals surface area contributed by atoms with Crippen LogP contribution in [-0.4, -0.2) is 17.7 Å². The van der Waals surface area contributed by atoms with Gasteiger partial charge in [0.15, 0.2) is 0 Å². The number of halogens is 1. The Balaban J connectivity index is 2.68. The summed E-state index contributed by atoms with van der Waals surface area (Å²) in [5, 5.41) is 0.409. The van der Waals surface area contributed by atoms with Gasteiger partial charge in [0.05, 0.1) is 11.9 Å². The second kappa shape index (κ2) is 5.81. The molecule has 1 aromatic carbocycles. The van der Waals surface area contributed by atoms with E-state index < -0.39 is 0 Å². The minimum absolute atomic E-state index is 0.179. The number of alkyl halides is 1. The monoisotopic (exact) mass is 256 g/mol. The lowest BCUT2D eigenvalue weighted by Crippen LogP contribution is -2.03. The van der Waals surface area contributed by atoms with Crippen molar-refractivity contribution in [1.29, 1.82) is 0 Å². The highest BCUT2D eigenvalue weighted by Gasteiger charge is 2.02. The summed E-state index contributed by atoms with van der Waals surface area (Å²) >= 11 is 3.14. The van der Waals surface area contributed by atoms with Crippen molar-refractivity contribution in [3.63, 3.8) is 0 Å². The molecule has 0 unspecified atom stereocenters. The van der Waals surface area contributed by atoms with Crippen molar-refractivity contribution in [2.24, 2.45) is 0 Å². The molecule has 1 aromatic rings. The third kappa shape index (κ3) is 3.50. The minimum Gasteiger partial charge on any atom is -0.494 e. The lowest BCUT2D eigenvalue weighted by atomic mass is 10.1. The Bertz CT molecular complexity index is 310. The summed E-state index contributed by atoms with van der Waals surface area (Å²) in [4.78, 5) is 11.2. The van der Waals surface area contributed by atoms with Gasteiger partial charge in [-0.15, -0.1) is 0 Å². The summed E-state index contributed by atoms with van der Waals surface area (Å²) in [5.41, 5.74) is 1.00. The summed E-state index contributed by atoms with van der Waals surface area (Å²) in [5.74, 6) is 1.01. The van der Waals surface area contributed by atoms with E-state index in [2.05, 4.69) is 15.9 Å². The fraction of sp³-hybridized carbons (Fsp3) is 0.364. The van der Waals surface area contributed by atoms with Gasteiger partial charge in [0, 0.05) is 6.42 Å². The van der Waals surface area contributed by atoms with Crippen LogP contribution in [-0.2, 0) is 11.2 Å². The van der Waals surface area contributed by atoms with Crippen LogP contribution in [0.15, 0.2) is 24.3 Å². The van der Waals surface area contributed by atoms with Crippen LogP contribution in [0.4, 0.5) is 0 Å². The van der Waals surface area contributed by atoms with Crippen LogP contribution in [0, 0.1) is 0 Å². The van der Waals surface area contributed by atoms with Crippen LogP contribution in [0.2, 0.25) is 0 Å². The van der Waals surface area contributed by atoms with E-state index in [1.54, 1.807) is 0 Å². The zero-order valence-corrected chi connectivity index (χ0v) is 9.71. The third-order valence-corrected chi connectivity index (χ3v) is 2.39. The van der Waals surface area contributed by atoms with Gasteiger partial charge in [0.1, 0.15) is 11.5 Å². The van der Waals surface area contributed by atoms with E-state index in [4.69, 9.17) is 4.74 Å². The molecule has 0 spiro atoms. The number of carbonyl (C=O) groups is 1. The van der Waals surface area contributed by atoms with Gasteiger partial charge < -0.3 is 4.74 Å². The Morgan fingerprint density at radius 2 is 2.29 bits per heavy atom. The van der Waals surface area contributed by atoms with E-state index in [9.17, 15) is 4.79 Å². The molecule has 0 aromatic heterocycles. The van der Waals surface area contributed by atoms with Crippen LogP contribution in [0.1, 0.15) is 12.5 Å². The lowest BCUT2D eigenvalue weighted by molar-refractivity contribution is -0.115. The molecule has 0 saturated heterocycles. The fourth-order valence-electron chi connectivity index (χ4n) is 1.19. The van der Waals surface area contributed by atoms with E-state index in [1.807, 2.05) is 31.2 Å². The molecule has 0 heterocycles. The maximum Gasteiger partial charge on any atom is 0.147 e. The number of rotatable bonds is 5.